The smallest absolute Gasteiger partial charge is 0.230 e. The highest BCUT2D eigenvalue weighted by Gasteiger charge is 1.99. The fraction of sp³-hybridized carbons (Fsp3) is 0.556. The molecule has 0 saturated heterocycles. The fourth-order valence-corrected chi connectivity index (χ4v) is 1.43. The average Bonchev–Trinajstić information content (AvgIpc) is 2.58. The van der Waals surface area contributed by atoms with E-state index in [1.165, 1.54) is 0 Å². The summed E-state index contributed by atoms with van der Waals surface area (Å²) in [7, 11) is 0. The topological polar surface area (TPSA) is 51.0 Å². The molecule has 1 N–H and O–H groups in total. The lowest BCUT2D eigenvalue weighted by Crippen LogP contribution is -2.16. The molecule has 0 aromatic carbocycles. The van der Waals surface area contributed by atoms with E-state index in [9.17, 15) is 0 Å². The van der Waals surface area contributed by atoms with Crippen molar-refractivity contribution in [1.29, 1.82) is 0 Å². The first-order valence-electron chi connectivity index (χ1n) is 4.34. The number of nitrogens with one attached hydrogen (secondary N) is 1. The van der Waals surface area contributed by atoms with Crippen molar-refractivity contribution in [3.05, 3.63) is 11.8 Å². The third-order valence-corrected chi connectivity index (χ3v) is 2.32. The number of aromatic nitrogens is 2. The molecule has 1 aromatic rings. The van der Waals surface area contributed by atoms with E-state index in [-0.39, 0.29) is 0 Å². The average molecular weight is 211 g/mol. The van der Waals surface area contributed by atoms with E-state index in [2.05, 4.69) is 21.4 Å². The van der Waals surface area contributed by atoms with E-state index < -0.39 is 0 Å². The lowest BCUT2D eigenvalue weighted by Gasteiger charge is -1.99. The van der Waals surface area contributed by atoms with Crippen LogP contribution in [0.2, 0.25) is 0 Å². The third kappa shape index (κ3) is 4.30. The Morgan fingerprint density at radius 1 is 1.57 bits per heavy atom. The predicted octanol–water partition coefficient (Wildman–Crippen LogP) is 0.834. The van der Waals surface area contributed by atoms with E-state index in [0.29, 0.717) is 18.3 Å². The van der Waals surface area contributed by atoms with Gasteiger partial charge in [-0.25, -0.2) is 0 Å². The number of aryl methyl sites for hydroxylation is 1. The zero-order chi connectivity index (χ0) is 10.2. The lowest BCUT2D eigenvalue weighted by molar-refractivity contribution is 0.450. The maximum atomic E-state index is 5.19. The van der Waals surface area contributed by atoms with Crippen molar-refractivity contribution in [1.82, 2.24) is 15.5 Å². The van der Waals surface area contributed by atoms with Crippen LogP contribution in [0, 0.1) is 19.3 Å². The van der Waals surface area contributed by atoms with E-state index in [4.69, 9.17) is 10.8 Å². The molecule has 0 unspecified atom stereocenters. The molecule has 4 nitrogen and oxygen atoms in total. The van der Waals surface area contributed by atoms with Gasteiger partial charge < -0.3 is 9.73 Å². The number of nitrogens with zero attached hydrogens (tertiary/aromatic N) is 2. The van der Waals surface area contributed by atoms with Gasteiger partial charge in [-0.15, -0.1) is 28.4 Å². The van der Waals surface area contributed by atoms with Crippen LogP contribution in [0.25, 0.3) is 0 Å². The molecule has 0 amide bonds. The van der Waals surface area contributed by atoms with Crippen LogP contribution in [0.3, 0.4) is 0 Å². The zero-order valence-electron chi connectivity index (χ0n) is 8.12. The summed E-state index contributed by atoms with van der Waals surface area (Å²) in [6.45, 7) is 3.30. The summed E-state index contributed by atoms with van der Waals surface area (Å²) in [4.78, 5) is 0. The Balaban J connectivity index is 2.02. The van der Waals surface area contributed by atoms with Gasteiger partial charge in [0.05, 0.1) is 12.3 Å². The monoisotopic (exact) mass is 211 g/mol. The van der Waals surface area contributed by atoms with Gasteiger partial charge >= 0.3 is 0 Å². The van der Waals surface area contributed by atoms with Gasteiger partial charge in [0, 0.05) is 19.2 Å². The van der Waals surface area contributed by atoms with E-state index >= 15 is 0 Å². The maximum Gasteiger partial charge on any atom is 0.230 e. The van der Waals surface area contributed by atoms with Crippen molar-refractivity contribution in [3.8, 4) is 12.3 Å². The van der Waals surface area contributed by atoms with Crippen LogP contribution in [-0.4, -0.2) is 28.2 Å². The van der Waals surface area contributed by atoms with Gasteiger partial charge in [-0.1, -0.05) is 5.92 Å². The van der Waals surface area contributed by atoms with Gasteiger partial charge in [0.15, 0.2) is 0 Å². The summed E-state index contributed by atoms with van der Waals surface area (Å²) < 4.78 is 5.19. The van der Waals surface area contributed by atoms with Gasteiger partial charge in [-0.2, -0.15) is 0 Å². The second kappa shape index (κ2) is 6.46. The molecule has 0 saturated carbocycles. The third-order valence-electron chi connectivity index (χ3n) is 1.45. The molecule has 14 heavy (non-hydrogen) atoms. The Kier molecular flexibility index (Phi) is 5.12. The van der Waals surface area contributed by atoms with E-state index in [1.807, 2.05) is 0 Å². The minimum absolute atomic E-state index is 0.600. The fourth-order valence-electron chi connectivity index (χ4n) is 0.880. The highest BCUT2D eigenvalue weighted by atomic mass is 32.2. The molecule has 0 atom stereocenters. The van der Waals surface area contributed by atoms with Crippen molar-refractivity contribution in [2.75, 3.05) is 18.1 Å². The highest BCUT2D eigenvalue weighted by molar-refractivity contribution is 7.99. The quantitative estimate of drug-likeness (QED) is 0.558. The number of hydrogen-bond donors (Lipinski definition) is 1. The number of terminal acetylenes is 1. The number of rotatable bonds is 6. The Morgan fingerprint density at radius 2 is 2.43 bits per heavy atom. The van der Waals surface area contributed by atoms with E-state index in [0.717, 1.165) is 18.1 Å². The molecular formula is C9H13N3OS. The minimum atomic E-state index is 0.600. The van der Waals surface area contributed by atoms with Crippen LogP contribution < -0.4 is 5.32 Å². The largest absolute Gasteiger partial charge is 0.424 e. The number of hydrogen-bond acceptors (Lipinski definition) is 5. The Labute approximate surface area is 87.9 Å². The summed E-state index contributed by atoms with van der Waals surface area (Å²) in [6.07, 6.45) is 5.11. The van der Waals surface area contributed by atoms with Crippen molar-refractivity contribution < 1.29 is 4.42 Å². The standard InChI is InChI=1S/C9H13N3OS/c1-3-5-14-6-4-10-7-9-12-11-8(2)13-9/h1,10H,4-7H2,2H3. The van der Waals surface area contributed by atoms with Crippen molar-refractivity contribution in [3.63, 3.8) is 0 Å². The zero-order valence-corrected chi connectivity index (χ0v) is 8.93. The van der Waals surface area contributed by atoms with Crippen LogP contribution in [0.15, 0.2) is 4.42 Å². The molecule has 1 rings (SSSR count). The van der Waals surface area contributed by atoms with Gasteiger partial charge in [-0.05, 0) is 0 Å². The highest BCUT2D eigenvalue weighted by Crippen LogP contribution is 1.98. The molecule has 1 heterocycles. The molecule has 0 aliphatic heterocycles. The first-order chi connectivity index (χ1) is 6.83. The normalized spacial score (nSPS) is 10.0. The molecule has 0 spiro atoms. The summed E-state index contributed by atoms with van der Waals surface area (Å²) in [6, 6.07) is 0. The second-order valence-electron chi connectivity index (χ2n) is 2.65. The molecule has 0 radical (unpaired) electrons. The Morgan fingerprint density at radius 3 is 3.07 bits per heavy atom. The molecule has 0 bridgehead atoms. The first-order valence-corrected chi connectivity index (χ1v) is 5.49. The van der Waals surface area contributed by atoms with Crippen molar-refractivity contribution in [2.45, 2.75) is 13.5 Å². The summed E-state index contributed by atoms with van der Waals surface area (Å²) in [5.41, 5.74) is 0. The molecule has 0 aliphatic carbocycles. The number of thioether (sulfide) groups is 1. The van der Waals surface area contributed by atoms with Gasteiger partial charge in [0.2, 0.25) is 11.8 Å². The molecule has 1 aromatic heterocycles. The van der Waals surface area contributed by atoms with Gasteiger partial charge in [0.25, 0.3) is 0 Å². The van der Waals surface area contributed by atoms with Crippen LogP contribution in [0.4, 0.5) is 0 Å². The SMILES string of the molecule is C#CCSCCNCc1nnc(C)o1. The molecule has 76 valence electrons. The van der Waals surface area contributed by atoms with Crippen LogP contribution >= 0.6 is 11.8 Å². The second-order valence-corrected chi connectivity index (χ2v) is 3.75. The van der Waals surface area contributed by atoms with Crippen LogP contribution in [0.1, 0.15) is 11.8 Å². The van der Waals surface area contributed by atoms with Crippen LogP contribution in [-0.2, 0) is 6.54 Å². The van der Waals surface area contributed by atoms with Gasteiger partial charge in [-0.3, -0.25) is 0 Å². The summed E-state index contributed by atoms with van der Waals surface area (Å²) in [5.74, 6) is 5.57. The molecular weight excluding hydrogens is 198 g/mol. The molecule has 0 fully saturated rings. The van der Waals surface area contributed by atoms with E-state index in [1.54, 1.807) is 18.7 Å². The summed E-state index contributed by atoms with van der Waals surface area (Å²) in [5, 5.41) is 10.8. The Hall–Kier alpha value is -0.990. The first kappa shape index (κ1) is 11.1. The van der Waals surface area contributed by atoms with Crippen LogP contribution in [0.5, 0.6) is 0 Å². The predicted molar refractivity (Wildman–Crippen MR) is 56.9 cm³/mol. The van der Waals surface area contributed by atoms with Crippen molar-refractivity contribution >= 4 is 11.8 Å². The lowest BCUT2D eigenvalue weighted by atomic mass is 10.6. The minimum Gasteiger partial charge on any atom is -0.424 e. The molecule has 0 aliphatic rings. The van der Waals surface area contributed by atoms with Gasteiger partial charge in [0.1, 0.15) is 0 Å². The molecule has 5 heteroatoms. The maximum absolute atomic E-state index is 5.19. The van der Waals surface area contributed by atoms with Crippen molar-refractivity contribution in [2.24, 2.45) is 0 Å². The summed E-state index contributed by atoms with van der Waals surface area (Å²) >= 11 is 1.73. The Bertz CT molecular complexity index is 305.